The van der Waals surface area contributed by atoms with Gasteiger partial charge in [0.25, 0.3) is 0 Å². The molecule has 13 heteroatoms. The second-order valence-corrected chi connectivity index (χ2v) is 4.47. The maximum absolute atomic E-state index is 12.0. The summed E-state index contributed by atoms with van der Waals surface area (Å²) in [5, 5.41) is 0. The monoisotopic (exact) mass is 613 g/mol. The van der Waals surface area contributed by atoms with Crippen molar-refractivity contribution in [1.82, 2.24) is 0 Å². The van der Waals surface area contributed by atoms with E-state index in [9.17, 15) is 21.6 Å². The molecule has 0 amide bonds. The zero-order valence-electron chi connectivity index (χ0n) is 6.93. The summed E-state index contributed by atoms with van der Waals surface area (Å²) >= 11 is -12.0. The van der Waals surface area contributed by atoms with Crippen LogP contribution in [0.15, 0.2) is 4.19 Å². The van der Waals surface area contributed by atoms with Crippen molar-refractivity contribution in [2.45, 2.75) is 0 Å². The van der Waals surface area contributed by atoms with Gasteiger partial charge in [0.05, 0.1) is 0 Å². The van der Waals surface area contributed by atoms with Gasteiger partial charge in [-0.15, -0.1) is 0 Å². The molecule has 13 heavy (non-hydrogen) atoms. The van der Waals surface area contributed by atoms with E-state index in [1.807, 2.05) is 0 Å². The average Bonchev–Trinajstić information content (AvgIpc) is 1.19. The van der Waals surface area contributed by atoms with E-state index in [0.717, 1.165) is 0 Å². The van der Waals surface area contributed by atoms with Crippen LogP contribution in [-0.4, -0.2) is 0 Å². The van der Waals surface area contributed by atoms with Gasteiger partial charge in [0, 0.05) is 0 Å². The van der Waals surface area contributed by atoms with Crippen LogP contribution in [-0.2, 0) is 12.2 Å². The van der Waals surface area contributed by atoms with Gasteiger partial charge in [0.1, 0.15) is 0 Å². The zero-order chi connectivity index (χ0) is 8.79. The van der Waals surface area contributed by atoms with Gasteiger partial charge in [-0.2, -0.15) is 0 Å². The number of nitrogens with zero attached hydrogens (tertiary/aromatic N) is 3. The normalized spacial score (nSPS) is 17.5. The van der Waals surface area contributed by atoms with Crippen molar-refractivity contribution in [2.24, 2.45) is 4.19 Å². The Morgan fingerprint density at radius 2 is 1.08 bits per heavy atom. The molecule has 0 saturated heterocycles. The number of rotatable bonds is 1. The third kappa shape index (κ3) is 26.9. The van der Waals surface area contributed by atoms with Crippen molar-refractivity contribution in [3.8, 4) is 0 Å². The molecule has 0 aliphatic carbocycles. The van der Waals surface area contributed by atoms with Crippen LogP contribution < -0.4 is 207 Å². The second-order valence-electron chi connectivity index (χ2n) is 1.15. The summed E-state index contributed by atoms with van der Waals surface area (Å²) in [6, 6.07) is 0. The first-order valence-corrected chi connectivity index (χ1v) is 3.94. The molecule has 0 rings (SSSR count). The molecule has 0 atom stereocenters. The molecular weight excluding hydrogens is 613 g/mol. The minimum absolute atomic E-state index is 0. The van der Waals surface area contributed by atoms with Crippen LogP contribution >= 0.6 is 0 Å². The van der Waals surface area contributed by atoms with Crippen molar-refractivity contribution in [1.29, 1.82) is 0 Å². The van der Waals surface area contributed by atoms with Gasteiger partial charge >= 0.3 is 255 Å². The molecule has 0 aliphatic heterocycles. The molecule has 0 aromatic rings. The van der Waals surface area contributed by atoms with Crippen molar-refractivity contribution < 1.29 is 241 Å². The topological polar surface area (TPSA) is 48.8 Å². The molecule has 0 aromatic heterocycles. The Bertz CT molecular complexity index is 221. The van der Waals surface area contributed by atoms with Gasteiger partial charge in [-0.25, -0.2) is 0 Å². The van der Waals surface area contributed by atoms with Gasteiger partial charge in [-0.05, 0) is 0 Å². The first-order chi connectivity index (χ1) is 3.74. The predicted molar refractivity (Wildman–Crippen MR) is 15.8 cm³/mol. The molecule has 0 spiro atoms. The Morgan fingerprint density at radius 1 is 0.846 bits per heavy atom. The Balaban J connectivity index is -0.000000135. The van der Waals surface area contributed by atoms with E-state index in [1.54, 1.807) is 0 Å². The van der Waals surface area contributed by atoms with Crippen LogP contribution in [0.5, 0.6) is 0 Å². The van der Waals surface area contributed by atoms with Gasteiger partial charge in [0.2, 0.25) is 0 Å². The first-order valence-electron chi connectivity index (χ1n) is 1.26. The number of hydrogen-bond acceptors (Lipinski definition) is 1. The van der Waals surface area contributed by atoms with Crippen molar-refractivity contribution in [3.63, 3.8) is 0 Å². The van der Waals surface area contributed by atoms with Gasteiger partial charge < -0.3 is 0 Å². The molecule has 70 valence electrons. The summed E-state index contributed by atoms with van der Waals surface area (Å²) in [7, 11) is 0. The summed E-state index contributed by atoms with van der Waals surface area (Å²) in [4.78, 5) is 0.653. The molecule has 0 fully saturated rings. The molecule has 0 aliphatic rings. The van der Waals surface area contributed by atoms with Crippen molar-refractivity contribution in [3.05, 3.63) is 10.4 Å². The molecule has 0 saturated carbocycles. The van der Waals surface area contributed by atoms with Crippen LogP contribution in [0.25, 0.3) is 10.4 Å². The van der Waals surface area contributed by atoms with Gasteiger partial charge in [-0.3, -0.25) is 0 Å². The molecular formula is Cs3F6N3Ni. The summed E-state index contributed by atoms with van der Waals surface area (Å²) in [5.41, 5.74) is 6.95. The van der Waals surface area contributed by atoms with E-state index in [4.69, 9.17) is 5.53 Å². The summed E-state index contributed by atoms with van der Waals surface area (Å²) in [5.74, 6) is 0. The Kier molecular flexibility index (Phi) is 12.2. The van der Waals surface area contributed by atoms with E-state index in [-0.39, 0.29) is 211 Å². The van der Waals surface area contributed by atoms with Crippen LogP contribution in [0.4, 0.5) is 21.6 Å². The van der Waals surface area contributed by atoms with Crippen molar-refractivity contribution in [2.75, 3.05) is 0 Å². The molecule has 3 nitrogen and oxygen atoms in total. The van der Waals surface area contributed by atoms with Gasteiger partial charge in [-0.1, -0.05) is 0 Å². The third-order valence-electron chi connectivity index (χ3n) is 0.172. The first kappa shape index (κ1) is 27.0. The van der Waals surface area contributed by atoms with E-state index >= 15 is 0 Å². The van der Waals surface area contributed by atoms with E-state index in [1.165, 1.54) is 0 Å². The van der Waals surface area contributed by atoms with E-state index < -0.39 is 12.2 Å². The number of hydrogen-bond donors (Lipinski definition) is 0. The Morgan fingerprint density at radius 3 is 1.08 bits per heavy atom. The Hall–Kier alpha value is 5.54. The van der Waals surface area contributed by atoms with Crippen LogP contribution in [0.1, 0.15) is 0 Å². The minimum atomic E-state index is -12.0. The number of halogens is 6. The van der Waals surface area contributed by atoms with Crippen LogP contribution in [0.3, 0.4) is 0 Å². The van der Waals surface area contributed by atoms with Crippen molar-refractivity contribution >= 4 is 0 Å². The molecule has 0 unspecified atom stereocenters. The fraction of sp³-hybridized carbons (Fsp3) is 0. The van der Waals surface area contributed by atoms with Crippen LogP contribution in [0, 0.1) is 0 Å². The summed E-state index contributed by atoms with van der Waals surface area (Å²) in [6.07, 6.45) is 0. The van der Waals surface area contributed by atoms with E-state index in [2.05, 4.69) is 0 Å². The molecule has 0 bridgehead atoms. The fourth-order valence-electron chi connectivity index (χ4n) is 0.0641. The Labute approximate surface area is 245 Å². The second kappa shape index (κ2) is 5.89. The quantitative estimate of drug-likeness (QED) is 0.0932. The standard InChI is InChI=1S/3Cs.6FH.N3.Ni/c;;;;;;;;;1-3-2;/h;;;6*1H;;/q3*+1;;;;;;;-1;+4/p-6. The van der Waals surface area contributed by atoms with Gasteiger partial charge in [0.15, 0.2) is 0 Å². The number of azide groups is 1. The summed E-state index contributed by atoms with van der Waals surface area (Å²) in [6.45, 7) is 0. The fourth-order valence-corrected chi connectivity index (χ4v) is 0.264. The zero-order valence-corrected chi connectivity index (χ0v) is 26.8. The third-order valence-corrected chi connectivity index (χ3v) is 0.708. The van der Waals surface area contributed by atoms with Crippen LogP contribution in [0.2, 0.25) is 0 Å². The predicted octanol–water partition coefficient (Wildman–Crippen LogP) is -5.71. The molecule has 0 radical (unpaired) electrons. The SMILES string of the molecule is [Cs+].[Cs+].[Cs+].[N-]=[N+]=[N][Ni-3]([F])([F])([F])([F])([F])[F]. The van der Waals surface area contributed by atoms with E-state index in [0.29, 0.717) is 4.91 Å². The maximum atomic E-state index is 10.8. The molecule has 0 heterocycles. The average molecular weight is 613 g/mol. The molecule has 0 aromatic carbocycles. The molecule has 0 N–H and O–H groups in total. The summed E-state index contributed by atoms with van der Waals surface area (Å²) < 4.78 is 64.9.